The second kappa shape index (κ2) is 9.25. The van der Waals surface area contributed by atoms with Crippen molar-refractivity contribution in [1.29, 1.82) is 0 Å². The molecule has 0 amide bonds. The molecule has 7 heteroatoms. The number of ether oxygens (including phenoxy) is 2. The number of nitrogens with zero attached hydrogens (tertiary/aromatic N) is 2. The van der Waals surface area contributed by atoms with Gasteiger partial charge in [0, 0.05) is 28.6 Å². The Labute approximate surface area is 186 Å². The molecule has 160 valence electrons. The molecule has 2 aromatic heterocycles. The van der Waals surface area contributed by atoms with Gasteiger partial charge in [-0.15, -0.1) is 23.7 Å². The van der Waals surface area contributed by atoms with Gasteiger partial charge in [-0.05, 0) is 49.5 Å². The molecule has 0 atom stereocenters. The third kappa shape index (κ3) is 3.75. The number of methoxy groups -OCH3 is 2. The van der Waals surface area contributed by atoms with Crippen molar-refractivity contribution in [2.24, 2.45) is 0 Å². The molecular weight excluding hydrogens is 420 g/mol. The van der Waals surface area contributed by atoms with E-state index in [1.807, 2.05) is 30.3 Å². The van der Waals surface area contributed by atoms with Crippen LogP contribution in [-0.2, 0) is 6.54 Å². The molecule has 0 radical (unpaired) electrons. The van der Waals surface area contributed by atoms with E-state index in [1.165, 1.54) is 0 Å². The number of fused-ring (bicyclic) bond motifs is 4. The Bertz CT molecular complexity index is 1240. The first-order chi connectivity index (χ1) is 14.1. The number of halogens is 1. The summed E-state index contributed by atoms with van der Waals surface area (Å²) in [6, 6.07) is 11.7. The molecule has 2 aromatic carbocycles. The first-order valence-corrected chi connectivity index (χ1v) is 10.8. The molecule has 0 N–H and O–H groups in total. The van der Waals surface area contributed by atoms with Gasteiger partial charge in [0.2, 0.25) is 5.43 Å². The summed E-state index contributed by atoms with van der Waals surface area (Å²) < 4.78 is 15.0. The van der Waals surface area contributed by atoms with Crippen molar-refractivity contribution in [3.8, 4) is 11.5 Å². The number of hydrogen-bond donors (Lipinski definition) is 0. The molecule has 0 fully saturated rings. The summed E-state index contributed by atoms with van der Waals surface area (Å²) in [6.45, 7) is 8.01. The van der Waals surface area contributed by atoms with Crippen molar-refractivity contribution in [1.82, 2.24) is 9.47 Å². The molecule has 5 nitrogen and oxygen atoms in total. The van der Waals surface area contributed by atoms with Crippen molar-refractivity contribution in [3.63, 3.8) is 0 Å². The molecule has 4 rings (SSSR count). The number of benzene rings is 2. The van der Waals surface area contributed by atoms with E-state index in [-0.39, 0.29) is 17.8 Å². The lowest BCUT2D eigenvalue weighted by molar-refractivity contribution is 0.293. The van der Waals surface area contributed by atoms with Crippen LogP contribution >= 0.6 is 23.7 Å². The van der Waals surface area contributed by atoms with Gasteiger partial charge in [-0.2, -0.15) is 0 Å². The van der Waals surface area contributed by atoms with Crippen molar-refractivity contribution in [3.05, 3.63) is 46.6 Å². The van der Waals surface area contributed by atoms with Crippen LogP contribution in [0.2, 0.25) is 0 Å². The Morgan fingerprint density at radius 1 is 0.967 bits per heavy atom. The van der Waals surface area contributed by atoms with Crippen LogP contribution in [0, 0.1) is 0 Å². The van der Waals surface area contributed by atoms with E-state index in [0.29, 0.717) is 0 Å². The van der Waals surface area contributed by atoms with Gasteiger partial charge in [0.15, 0.2) is 0 Å². The fourth-order valence-electron chi connectivity index (χ4n) is 3.91. The number of hydrogen-bond acceptors (Lipinski definition) is 5. The third-order valence-electron chi connectivity index (χ3n) is 5.62. The highest BCUT2D eigenvalue weighted by molar-refractivity contribution is 7.25. The van der Waals surface area contributed by atoms with E-state index in [9.17, 15) is 4.79 Å². The van der Waals surface area contributed by atoms with Gasteiger partial charge in [0.25, 0.3) is 0 Å². The van der Waals surface area contributed by atoms with Gasteiger partial charge in [0.05, 0.1) is 24.4 Å². The first kappa shape index (κ1) is 22.4. The largest absolute Gasteiger partial charge is 0.497 e. The van der Waals surface area contributed by atoms with E-state index in [2.05, 4.69) is 29.4 Å². The average Bonchev–Trinajstić information content (AvgIpc) is 3.07. The van der Waals surface area contributed by atoms with Gasteiger partial charge in [0.1, 0.15) is 17.0 Å². The van der Waals surface area contributed by atoms with E-state index in [0.717, 1.165) is 68.9 Å². The maximum Gasteiger partial charge on any atom is 0.212 e. The Kier molecular flexibility index (Phi) is 6.91. The quantitative estimate of drug-likeness (QED) is 0.393. The number of rotatable bonds is 7. The Morgan fingerprint density at radius 2 is 1.63 bits per heavy atom. The molecule has 30 heavy (non-hydrogen) atoms. The summed E-state index contributed by atoms with van der Waals surface area (Å²) in [4.78, 5) is 15.9. The first-order valence-electron chi connectivity index (χ1n) is 9.94. The van der Waals surface area contributed by atoms with Crippen molar-refractivity contribution in [2.75, 3.05) is 33.9 Å². The predicted octanol–water partition coefficient (Wildman–Crippen LogP) is 5.15. The van der Waals surface area contributed by atoms with Gasteiger partial charge in [-0.25, -0.2) is 0 Å². The standard InChI is InChI=1S/C23H26N2O3S.ClH/c1-5-24(6-2)11-12-25-19-10-8-15(27-3)13-18(19)23-21(25)22(26)17-9-7-16(28-4)14-20(17)29-23;/h7-10,13-14H,5-6,11-12H2,1-4H3;1H. The molecule has 0 aliphatic carbocycles. The summed E-state index contributed by atoms with van der Waals surface area (Å²) in [5.74, 6) is 1.56. The van der Waals surface area contributed by atoms with Crippen molar-refractivity contribution in [2.45, 2.75) is 20.4 Å². The topological polar surface area (TPSA) is 43.7 Å². The van der Waals surface area contributed by atoms with Crippen LogP contribution in [-0.4, -0.2) is 43.3 Å². The fraction of sp³-hybridized carbons (Fsp3) is 0.348. The highest BCUT2D eigenvalue weighted by Crippen LogP contribution is 2.36. The van der Waals surface area contributed by atoms with Crippen LogP contribution in [0.25, 0.3) is 31.2 Å². The smallest absolute Gasteiger partial charge is 0.212 e. The molecule has 0 spiro atoms. The van der Waals surface area contributed by atoms with E-state index in [1.54, 1.807) is 25.6 Å². The average molecular weight is 447 g/mol. The zero-order valence-electron chi connectivity index (χ0n) is 17.7. The molecule has 4 aromatic rings. The minimum atomic E-state index is 0. The summed E-state index contributed by atoms with van der Waals surface area (Å²) >= 11 is 1.64. The molecule has 0 aliphatic rings. The molecule has 2 heterocycles. The monoisotopic (exact) mass is 446 g/mol. The van der Waals surface area contributed by atoms with Crippen molar-refractivity contribution >= 4 is 54.9 Å². The lowest BCUT2D eigenvalue weighted by atomic mass is 10.2. The SMILES string of the molecule is CCN(CC)CCn1c2ccc(OC)cc2c2sc3cc(OC)ccc3c(=O)c21.Cl. The predicted molar refractivity (Wildman–Crippen MR) is 129 cm³/mol. The maximum absolute atomic E-state index is 13.5. The molecule has 0 bridgehead atoms. The second-order valence-electron chi connectivity index (χ2n) is 7.03. The lowest BCUT2D eigenvalue weighted by Gasteiger charge is -2.19. The maximum atomic E-state index is 13.5. The highest BCUT2D eigenvalue weighted by atomic mass is 35.5. The highest BCUT2D eigenvalue weighted by Gasteiger charge is 2.18. The van der Waals surface area contributed by atoms with Crippen molar-refractivity contribution < 1.29 is 9.47 Å². The molecule has 0 saturated carbocycles. The van der Waals surface area contributed by atoms with E-state index >= 15 is 0 Å². The van der Waals surface area contributed by atoms with Crippen LogP contribution in [0.4, 0.5) is 0 Å². The summed E-state index contributed by atoms with van der Waals surface area (Å²) in [5, 5.41) is 1.80. The Balaban J connectivity index is 0.00000256. The van der Waals surface area contributed by atoms with Gasteiger partial charge < -0.3 is 18.9 Å². The summed E-state index contributed by atoms with van der Waals surface area (Å²) in [5.41, 5.74) is 1.93. The Hall–Kier alpha value is -2.28. The molecule has 0 saturated heterocycles. The van der Waals surface area contributed by atoms with Gasteiger partial charge in [-0.1, -0.05) is 13.8 Å². The van der Waals surface area contributed by atoms with Crippen LogP contribution < -0.4 is 14.9 Å². The minimum Gasteiger partial charge on any atom is -0.497 e. The van der Waals surface area contributed by atoms with Gasteiger partial charge in [-0.3, -0.25) is 4.79 Å². The van der Waals surface area contributed by atoms with Gasteiger partial charge >= 0.3 is 0 Å². The van der Waals surface area contributed by atoms with Crippen LogP contribution in [0.5, 0.6) is 11.5 Å². The molecule has 0 aliphatic heterocycles. The zero-order chi connectivity index (χ0) is 20.5. The summed E-state index contributed by atoms with van der Waals surface area (Å²) in [7, 11) is 3.32. The van der Waals surface area contributed by atoms with E-state index in [4.69, 9.17) is 9.47 Å². The third-order valence-corrected chi connectivity index (χ3v) is 6.79. The Morgan fingerprint density at radius 3 is 2.30 bits per heavy atom. The van der Waals surface area contributed by atoms with Crippen LogP contribution in [0.3, 0.4) is 0 Å². The van der Waals surface area contributed by atoms with E-state index < -0.39 is 0 Å². The molecular formula is C23H27ClN2O3S. The fourth-order valence-corrected chi connectivity index (χ4v) is 5.15. The second-order valence-corrected chi connectivity index (χ2v) is 8.08. The molecule has 0 unspecified atom stereocenters. The zero-order valence-corrected chi connectivity index (χ0v) is 19.4. The summed E-state index contributed by atoms with van der Waals surface area (Å²) in [6.07, 6.45) is 0. The lowest BCUT2D eigenvalue weighted by Crippen LogP contribution is -2.27. The van der Waals surface area contributed by atoms with Crippen LogP contribution in [0.15, 0.2) is 41.2 Å². The minimum absolute atomic E-state index is 0. The normalized spacial score (nSPS) is 11.4. The number of aromatic nitrogens is 1. The van der Waals surface area contributed by atoms with Crippen LogP contribution in [0.1, 0.15) is 13.8 Å². The number of likely N-dealkylation sites (N-methyl/N-ethyl adjacent to an activating group) is 1.